The zero-order valence-electron chi connectivity index (χ0n) is 9.90. The van der Waals surface area contributed by atoms with Gasteiger partial charge in [-0.25, -0.2) is 0 Å². The minimum Gasteiger partial charge on any atom is -0.0899 e. The zero-order chi connectivity index (χ0) is 12.6. The van der Waals surface area contributed by atoms with E-state index in [1.54, 1.807) is 0 Å². The maximum absolute atomic E-state index is 8.22. The lowest BCUT2D eigenvalue weighted by Gasteiger charge is -2.05. The second-order valence-electron chi connectivity index (χ2n) is 3.77. The summed E-state index contributed by atoms with van der Waals surface area (Å²) in [5, 5.41) is 3.48. The maximum atomic E-state index is 8.22. The van der Waals surface area contributed by atoms with Crippen molar-refractivity contribution in [1.29, 1.82) is 0 Å². The van der Waals surface area contributed by atoms with Crippen LogP contribution in [-0.4, -0.2) is 6.54 Å². The van der Waals surface area contributed by atoms with Crippen LogP contribution in [-0.2, 0) is 0 Å². The second kappa shape index (κ2) is 6.28. The highest BCUT2D eigenvalue weighted by molar-refractivity contribution is 5.75. The van der Waals surface area contributed by atoms with Gasteiger partial charge in [-0.1, -0.05) is 71.9 Å². The molecule has 0 N–H and O–H groups in total. The normalized spacial score (nSPS) is 10.2. The molecule has 0 spiro atoms. The number of azide groups is 1. The molecule has 0 amide bonds. The standard InChI is InChI=1S/C15H13N3/c16-18-17-12-6-10-14-9-4-5-11-15(14)13-7-2-1-3-8-13/h1-11H,12H2. The van der Waals surface area contributed by atoms with E-state index in [-0.39, 0.29) is 0 Å². The molecule has 0 radical (unpaired) electrons. The van der Waals surface area contributed by atoms with E-state index in [2.05, 4.69) is 34.3 Å². The minimum atomic E-state index is 0.375. The number of benzene rings is 2. The molecule has 0 saturated carbocycles. The van der Waals surface area contributed by atoms with Crippen molar-refractivity contribution < 1.29 is 0 Å². The molecule has 0 atom stereocenters. The number of nitrogens with zero attached hydrogens (tertiary/aromatic N) is 3. The largest absolute Gasteiger partial charge is 0.0899 e. The SMILES string of the molecule is [N-]=[N+]=NCC=Cc1ccccc1-c1ccccc1. The van der Waals surface area contributed by atoms with E-state index >= 15 is 0 Å². The van der Waals surface area contributed by atoms with Crippen LogP contribution in [0.2, 0.25) is 0 Å². The molecule has 18 heavy (non-hydrogen) atoms. The van der Waals surface area contributed by atoms with E-state index < -0.39 is 0 Å². The van der Waals surface area contributed by atoms with Gasteiger partial charge < -0.3 is 0 Å². The van der Waals surface area contributed by atoms with Gasteiger partial charge in [0.25, 0.3) is 0 Å². The van der Waals surface area contributed by atoms with E-state index in [1.807, 2.05) is 42.5 Å². The average Bonchev–Trinajstić information content (AvgIpc) is 2.45. The zero-order valence-corrected chi connectivity index (χ0v) is 9.90. The fraction of sp³-hybridized carbons (Fsp3) is 0.0667. The Morgan fingerprint density at radius 1 is 1.00 bits per heavy atom. The lowest BCUT2D eigenvalue weighted by molar-refractivity contribution is 1.22. The quantitative estimate of drug-likeness (QED) is 0.420. The van der Waals surface area contributed by atoms with Crippen molar-refractivity contribution in [3.63, 3.8) is 0 Å². The van der Waals surface area contributed by atoms with Gasteiger partial charge in [0, 0.05) is 11.5 Å². The van der Waals surface area contributed by atoms with Crippen LogP contribution in [0, 0.1) is 0 Å². The predicted molar refractivity (Wildman–Crippen MR) is 74.9 cm³/mol. The summed E-state index contributed by atoms with van der Waals surface area (Å²) < 4.78 is 0. The van der Waals surface area contributed by atoms with Gasteiger partial charge in [0.15, 0.2) is 0 Å². The third-order valence-electron chi connectivity index (χ3n) is 2.59. The van der Waals surface area contributed by atoms with Crippen molar-refractivity contribution in [1.82, 2.24) is 0 Å². The molecule has 0 bridgehead atoms. The Kier molecular flexibility index (Phi) is 4.17. The Balaban J connectivity index is 2.32. The van der Waals surface area contributed by atoms with Gasteiger partial charge in [0.1, 0.15) is 0 Å². The van der Waals surface area contributed by atoms with Crippen LogP contribution in [0.3, 0.4) is 0 Å². The summed E-state index contributed by atoms with van der Waals surface area (Å²) in [6.45, 7) is 0.375. The second-order valence-corrected chi connectivity index (χ2v) is 3.77. The van der Waals surface area contributed by atoms with Crippen molar-refractivity contribution in [3.05, 3.63) is 76.7 Å². The van der Waals surface area contributed by atoms with Crippen molar-refractivity contribution in [3.8, 4) is 11.1 Å². The first-order valence-corrected chi connectivity index (χ1v) is 5.73. The van der Waals surface area contributed by atoms with Crippen molar-refractivity contribution in [2.45, 2.75) is 0 Å². The molecule has 0 fully saturated rings. The third kappa shape index (κ3) is 3.00. The van der Waals surface area contributed by atoms with Crippen LogP contribution < -0.4 is 0 Å². The molecule has 2 aromatic carbocycles. The van der Waals surface area contributed by atoms with Crippen molar-refractivity contribution in [2.24, 2.45) is 5.11 Å². The fourth-order valence-corrected chi connectivity index (χ4v) is 1.79. The van der Waals surface area contributed by atoms with Gasteiger partial charge in [-0.3, -0.25) is 0 Å². The molecule has 0 saturated heterocycles. The summed E-state index contributed by atoms with van der Waals surface area (Å²) in [7, 11) is 0. The molecule has 88 valence electrons. The lowest BCUT2D eigenvalue weighted by atomic mass is 9.99. The molecule has 0 aliphatic heterocycles. The molecule has 3 nitrogen and oxygen atoms in total. The molecular formula is C15H13N3. The summed E-state index contributed by atoms with van der Waals surface area (Å²) in [4.78, 5) is 2.72. The highest BCUT2D eigenvalue weighted by Crippen LogP contribution is 2.24. The summed E-state index contributed by atoms with van der Waals surface area (Å²) in [5.74, 6) is 0. The van der Waals surface area contributed by atoms with E-state index in [9.17, 15) is 0 Å². The number of rotatable bonds is 4. The van der Waals surface area contributed by atoms with Gasteiger partial charge >= 0.3 is 0 Å². The van der Waals surface area contributed by atoms with Gasteiger partial charge in [-0.2, -0.15) is 0 Å². The first-order valence-electron chi connectivity index (χ1n) is 5.73. The molecule has 3 heteroatoms. The van der Waals surface area contributed by atoms with Crippen LogP contribution in [0.4, 0.5) is 0 Å². The van der Waals surface area contributed by atoms with E-state index in [1.165, 1.54) is 11.1 Å². The minimum absolute atomic E-state index is 0.375. The predicted octanol–water partition coefficient (Wildman–Crippen LogP) is 4.68. The van der Waals surface area contributed by atoms with E-state index in [4.69, 9.17) is 5.53 Å². The first kappa shape index (κ1) is 12.0. The summed E-state index contributed by atoms with van der Waals surface area (Å²) in [6.07, 6.45) is 3.85. The lowest BCUT2D eigenvalue weighted by Crippen LogP contribution is -1.82. The molecule has 0 aliphatic carbocycles. The Labute approximate surface area is 106 Å². The Morgan fingerprint density at radius 2 is 1.72 bits per heavy atom. The summed E-state index contributed by atoms with van der Waals surface area (Å²) >= 11 is 0. The molecular weight excluding hydrogens is 222 g/mol. The molecule has 0 heterocycles. The fourth-order valence-electron chi connectivity index (χ4n) is 1.79. The van der Waals surface area contributed by atoms with Gasteiger partial charge in [0.2, 0.25) is 0 Å². The van der Waals surface area contributed by atoms with E-state index in [0.29, 0.717) is 6.54 Å². The number of hydrogen-bond acceptors (Lipinski definition) is 1. The average molecular weight is 235 g/mol. The van der Waals surface area contributed by atoms with Gasteiger partial charge in [-0.15, -0.1) is 0 Å². The summed E-state index contributed by atoms with van der Waals surface area (Å²) in [6, 6.07) is 18.4. The maximum Gasteiger partial charge on any atom is 0.0443 e. The van der Waals surface area contributed by atoms with Crippen molar-refractivity contribution >= 4 is 6.08 Å². The monoisotopic (exact) mass is 235 g/mol. The highest BCUT2D eigenvalue weighted by Gasteiger charge is 2.00. The number of hydrogen-bond donors (Lipinski definition) is 0. The van der Waals surface area contributed by atoms with Crippen LogP contribution in [0.15, 0.2) is 65.8 Å². The Hall–Kier alpha value is -2.51. The van der Waals surface area contributed by atoms with Gasteiger partial charge in [0.05, 0.1) is 0 Å². The van der Waals surface area contributed by atoms with E-state index in [0.717, 1.165) is 5.56 Å². The van der Waals surface area contributed by atoms with Crippen LogP contribution in [0.25, 0.3) is 27.6 Å². The Morgan fingerprint density at radius 3 is 2.50 bits per heavy atom. The third-order valence-corrected chi connectivity index (χ3v) is 2.59. The van der Waals surface area contributed by atoms with Crippen molar-refractivity contribution in [2.75, 3.05) is 6.54 Å². The molecule has 0 aliphatic rings. The van der Waals surface area contributed by atoms with Crippen LogP contribution in [0.1, 0.15) is 5.56 Å². The molecule has 0 unspecified atom stereocenters. The Bertz CT molecular complexity index is 582. The molecule has 2 aromatic rings. The topological polar surface area (TPSA) is 48.8 Å². The summed E-state index contributed by atoms with van der Waals surface area (Å²) in [5.41, 5.74) is 11.7. The van der Waals surface area contributed by atoms with Crippen LogP contribution >= 0.6 is 0 Å². The molecule has 0 aromatic heterocycles. The highest BCUT2D eigenvalue weighted by atomic mass is 15.1. The van der Waals surface area contributed by atoms with Crippen LogP contribution in [0.5, 0.6) is 0 Å². The van der Waals surface area contributed by atoms with Gasteiger partial charge in [-0.05, 0) is 22.2 Å². The smallest absolute Gasteiger partial charge is 0.0443 e. The molecule has 2 rings (SSSR count). The first-order chi connectivity index (χ1) is 8.92.